The van der Waals surface area contributed by atoms with Gasteiger partial charge in [-0.05, 0) is 19.1 Å². The van der Waals surface area contributed by atoms with Gasteiger partial charge in [0.25, 0.3) is 0 Å². The Morgan fingerprint density at radius 2 is 2.44 bits per heavy atom. The summed E-state index contributed by atoms with van der Waals surface area (Å²) >= 11 is 0. The van der Waals surface area contributed by atoms with Crippen molar-refractivity contribution in [1.29, 1.82) is 0 Å². The highest BCUT2D eigenvalue weighted by atomic mass is 16.4. The van der Waals surface area contributed by atoms with Crippen LogP contribution in [0.5, 0.6) is 0 Å². The predicted molar refractivity (Wildman–Crippen MR) is 59.8 cm³/mol. The minimum atomic E-state index is -0.663. The molecule has 3 N–H and O–H groups in total. The third kappa shape index (κ3) is 4.46. The number of aliphatic hydroxyl groups is 1. The van der Waals surface area contributed by atoms with Crippen LogP contribution in [0, 0.1) is 0 Å². The Bertz CT molecular complexity index is 298. The predicted octanol–water partition coefficient (Wildman–Crippen LogP) is 0.429. The molecule has 0 bridgehead atoms. The lowest BCUT2D eigenvalue weighted by Crippen LogP contribution is -2.29. The molecular weight excluding hydrogens is 208 g/mol. The average molecular weight is 226 g/mol. The summed E-state index contributed by atoms with van der Waals surface area (Å²) in [5.74, 6) is 0.549. The number of hydrogen-bond donors (Lipinski definition) is 3. The monoisotopic (exact) mass is 226 g/mol. The van der Waals surface area contributed by atoms with Crippen molar-refractivity contribution in [3.63, 3.8) is 0 Å². The lowest BCUT2D eigenvalue weighted by molar-refractivity contribution is -0.120. The second-order valence-corrected chi connectivity index (χ2v) is 3.44. The summed E-state index contributed by atoms with van der Waals surface area (Å²) in [5.41, 5.74) is 0. The molecule has 0 saturated carbocycles. The summed E-state index contributed by atoms with van der Waals surface area (Å²) in [7, 11) is 0. The van der Waals surface area contributed by atoms with Gasteiger partial charge in [-0.3, -0.25) is 4.79 Å². The highest BCUT2D eigenvalue weighted by Gasteiger charge is 2.09. The molecule has 16 heavy (non-hydrogen) atoms. The van der Waals surface area contributed by atoms with Gasteiger partial charge >= 0.3 is 0 Å². The number of hydrogen-bond acceptors (Lipinski definition) is 4. The van der Waals surface area contributed by atoms with E-state index in [0.29, 0.717) is 31.8 Å². The van der Waals surface area contributed by atoms with Crippen molar-refractivity contribution in [3.8, 4) is 0 Å². The molecule has 0 aliphatic rings. The number of nitrogens with one attached hydrogen (secondary N) is 2. The van der Waals surface area contributed by atoms with Crippen LogP contribution < -0.4 is 10.6 Å². The second kappa shape index (κ2) is 7.03. The van der Waals surface area contributed by atoms with Crippen LogP contribution in [0.25, 0.3) is 0 Å². The van der Waals surface area contributed by atoms with Gasteiger partial charge in [-0.25, -0.2) is 0 Å². The topological polar surface area (TPSA) is 74.5 Å². The Morgan fingerprint density at radius 3 is 3.06 bits per heavy atom. The molecule has 1 amide bonds. The molecule has 0 aliphatic heterocycles. The van der Waals surface area contributed by atoms with Gasteiger partial charge in [0.2, 0.25) is 5.91 Å². The summed E-state index contributed by atoms with van der Waals surface area (Å²) in [6.45, 7) is 3.45. The van der Waals surface area contributed by atoms with Crippen LogP contribution in [0.3, 0.4) is 0 Å². The molecule has 1 unspecified atom stereocenters. The molecule has 0 saturated heterocycles. The van der Waals surface area contributed by atoms with Gasteiger partial charge in [-0.1, -0.05) is 0 Å². The van der Waals surface area contributed by atoms with E-state index in [9.17, 15) is 9.90 Å². The standard InChI is InChI=1S/C11H18N2O3/c1-2-13-11(15)5-6-12-8-9(14)10-4-3-7-16-10/h3-4,7,9,12,14H,2,5-6,8H2,1H3,(H,13,15). The first-order valence-electron chi connectivity index (χ1n) is 5.43. The van der Waals surface area contributed by atoms with Gasteiger partial charge in [-0.2, -0.15) is 0 Å². The zero-order valence-corrected chi connectivity index (χ0v) is 9.40. The first kappa shape index (κ1) is 12.7. The van der Waals surface area contributed by atoms with Crippen molar-refractivity contribution < 1.29 is 14.3 Å². The lowest BCUT2D eigenvalue weighted by atomic mass is 10.2. The fourth-order valence-corrected chi connectivity index (χ4v) is 1.31. The second-order valence-electron chi connectivity index (χ2n) is 3.44. The molecular formula is C11H18N2O3. The number of carbonyl (C=O) groups excluding carboxylic acids is 1. The molecule has 1 atom stereocenters. The van der Waals surface area contributed by atoms with Crippen molar-refractivity contribution in [2.45, 2.75) is 19.4 Å². The normalized spacial score (nSPS) is 12.4. The van der Waals surface area contributed by atoms with Crippen LogP contribution in [0.2, 0.25) is 0 Å². The van der Waals surface area contributed by atoms with E-state index in [1.165, 1.54) is 6.26 Å². The highest BCUT2D eigenvalue weighted by molar-refractivity contribution is 5.75. The summed E-state index contributed by atoms with van der Waals surface area (Å²) in [6.07, 6.45) is 1.27. The van der Waals surface area contributed by atoms with E-state index in [2.05, 4.69) is 10.6 Å². The molecule has 0 aromatic carbocycles. The molecule has 0 aliphatic carbocycles. The minimum absolute atomic E-state index is 0.0162. The maximum atomic E-state index is 11.1. The van der Waals surface area contributed by atoms with E-state index in [1.54, 1.807) is 12.1 Å². The molecule has 5 heteroatoms. The number of aliphatic hydroxyl groups excluding tert-OH is 1. The summed E-state index contributed by atoms with van der Waals surface area (Å²) in [6, 6.07) is 3.45. The molecule has 0 radical (unpaired) electrons. The van der Waals surface area contributed by atoms with E-state index in [-0.39, 0.29) is 5.91 Å². The van der Waals surface area contributed by atoms with Crippen LogP contribution in [0.4, 0.5) is 0 Å². The van der Waals surface area contributed by atoms with Crippen molar-refractivity contribution >= 4 is 5.91 Å². The van der Waals surface area contributed by atoms with Crippen LogP contribution >= 0.6 is 0 Å². The summed E-state index contributed by atoms with van der Waals surface area (Å²) in [4.78, 5) is 11.1. The molecule has 90 valence electrons. The zero-order valence-electron chi connectivity index (χ0n) is 9.40. The Hall–Kier alpha value is -1.33. The maximum Gasteiger partial charge on any atom is 0.221 e. The van der Waals surface area contributed by atoms with Gasteiger partial charge in [0.1, 0.15) is 11.9 Å². The van der Waals surface area contributed by atoms with Gasteiger partial charge in [0, 0.05) is 26.1 Å². The Labute approximate surface area is 94.8 Å². The number of rotatable bonds is 7. The van der Waals surface area contributed by atoms with Crippen LogP contribution in [-0.2, 0) is 4.79 Å². The third-order valence-corrected chi connectivity index (χ3v) is 2.11. The Balaban J connectivity index is 2.09. The first-order chi connectivity index (χ1) is 7.74. The van der Waals surface area contributed by atoms with Gasteiger partial charge < -0.3 is 20.2 Å². The SMILES string of the molecule is CCNC(=O)CCNCC(O)c1ccco1. The van der Waals surface area contributed by atoms with Crippen molar-refractivity contribution in [2.75, 3.05) is 19.6 Å². The first-order valence-corrected chi connectivity index (χ1v) is 5.43. The van der Waals surface area contributed by atoms with E-state index in [0.717, 1.165) is 0 Å². The number of carbonyl (C=O) groups is 1. The Kier molecular flexibility index (Phi) is 5.60. The van der Waals surface area contributed by atoms with Gasteiger partial charge in [0.15, 0.2) is 0 Å². The summed E-state index contributed by atoms with van der Waals surface area (Å²) < 4.78 is 5.04. The zero-order chi connectivity index (χ0) is 11.8. The molecule has 0 spiro atoms. The summed E-state index contributed by atoms with van der Waals surface area (Å²) in [5, 5.41) is 15.3. The molecule has 1 rings (SSSR count). The minimum Gasteiger partial charge on any atom is -0.467 e. The van der Waals surface area contributed by atoms with Crippen LogP contribution in [-0.4, -0.2) is 30.6 Å². The van der Waals surface area contributed by atoms with Crippen molar-refractivity contribution in [3.05, 3.63) is 24.2 Å². The molecule has 0 fully saturated rings. The fraction of sp³-hybridized carbons (Fsp3) is 0.545. The lowest BCUT2D eigenvalue weighted by Gasteiger charge is -2.09. The van der Waals surface area contributed by atoms with Crippen LogP contribution in [0.15, 0.2) is 22.8 Å². The molecule has 1 aromatic rings. The average Bonchev–Trinajstić information content (AvgIpc) is 2.78. The van der Waals surface area contributed by atoms with E-state index in [1.807, 2.05) is 6.92 Å². The van der Waals surface area contributed by atoms with Crippen molar-refractivity contribution in [1.82, 2.24) is 10.6 Å². The largest absolute Gasteiger partial charge is 0.467 e. The Morgan fingerprint density at radius 1 is 1.62 bits per heavy atom. The third-order valence-electron chi connectivity index (χ3n) is 2.11. The number of amides is 1. The smallest absolute Gasteiger partial charge is 0.221 e. The quantitative estimate of drug-likeness (QED) is 0.589. The number of furan rings is 1. The molecule has 1 aromatic heterocycles. The van der Waals surface area contributed by atoms with Crippen LogP contribution in [0.1, 0.15) is 25.2 Å². The van der Waals surface area contributed by atoms with Gasteiger partial charge in [-0.15, -0.1) is 0 Å². The van der Waals surface area contributed by atoms with Crippen molar-refractivity contribution in [2.24, 2.45) is 0 Å². The van der Waals surface area contributed by atoms with E-state index in [4.69, 9.17) is 4.42 Å². The van der Waals surface area contributed by atoms with Gasteiger partial charge in [0.05, 0.1) is 6.26 Å². The highest BCUT2D eigenvalue weighted by Crippen LogP contribution is 2.11. The molecule has 5 nitrogen and oxygen atoms in total. The fourth-order valence-electron chi connectivity index (χ4n) is 1.31. The maximum absolute atomic E-state index is 11.1. The molecule has 1 heterocycles. The van der Waals surface area contributed by atoms with E-state index < -0.39 is 6.10 Å². The van der Waals surface area contributed by atoms with E-state index >= 15 is 0 Å².